The van der Waals surface area contributed by atoms with Crippen LogP contribution in [-0.2, 0) is 5.21 Å². The van der Waals surface area contributed by atoms with Crippen molar-refractivity contribution in [3.63, 3.8) is 0 Å². The molecule has 1 aromatic rings. The van der Waals surface area contributed by atoms with E-state index in [2.05, 4.69) is 0 Å². The topological polar surface area (TPSA) is 86.1 Å². The molecule has 1 radical (unpaired) electrons. The monoisotopic (exact) mass is 377 g/mol. The van der Waals surface area contributed by atoms with Crippen molar-refractivity contribution in [3.8, 4) is 23.0 Å². The Hall–Kier alpha value is -2.35. The molecular weight excluding hydrogens is 352 g/mol. The fourth-order valence-electron chi connectivity index (χ4n) is 3.53. The van der Waals surface area contributed by atoms with Crippen molar-refractivity contribution in [1.29, 1.82) is 0 Å². The minimum Gasteiger partial charge on any atom is -0.714 e. The van der Waals surface area contributed by atoms with Crippen LogP contribution in [0, 0.1) is 5.21 Å². The molecule has 1 aromatic carbocycles. The second-order valence-electron chi connectivity index (χ2n) is 9.14. The van der Waals surface area contributed by atoms with Gasteiger partial charge in [-0.25, -0.2) is 0 Å². The van der Waals surface area contributed by atoms with E-state index in [0.29, 0.717) is 23.0 Å². The zero-order valence-corrected chi connectivity index (χ0v) is 16.9. The molecule has 0 fully saturated rings. The van der Waals surface area contributed by atoms with Crippen LogP contribution in [0.4, 0.5) is 0 Å². The molecule has 4 rings (SSSR count). The fourth-order valence-corrected chi connectivity index (χ4v) is 3.53. The van der Waals surface area contributed by atoms with E-state index in [1.54, 1.807) is 61.5 Å². The lowest BCUT2D eigenvalue weighted by molar-refractivity contribution is -0.539. The van der Waals surface area contributed by atoms with Gasteiger partial charge in [0.1, 0.15) is 5.54 Å². The van der Waals surface area contributed by atoms with Gasteiger partial charge in [0.15, 0.2) is 34.1 Å². The SMILES string of the molecule is CC1(C)Oc2cc3c(c(C4=[N+]([O-])C(C)(C)C(C)(C)N4[O])c2O1)OC(C)(C)O3. The Labute approximate surface area is 158 Å². The average molecular weight is 377 g/mol. The molecule has 0 saturated heterocycles. The third kappa shape index (κ3) is 2.22. The van der Waals surface area contributed by atoms with Gasteiger partial charge >= 0.3 is 5.84 Å². The molecule has 0 N–H and O–H groups in total. The lowest BCUT2D eigenvalue weighted by Crippen LogP contribution is -2.53. The zero-order valence-electron chi connectivity index (χ0n) is 16.9. The van der Waals surface area contributed by atoms with Gasteiger partial charge in [0.2, 0.25) is 11.6 Å². The van der Waals surface area contributed by atoms with Gasteiger partial charge in [-0.15, -0.1) is 0 Å². The minimum absolute atomic E-state index is 0.0688. The van der Waals surface area contributed by atoms with Gasteiger partial charge in [-0.1, -0.05) is 5.06 Å². The van der Waals surface area contributed by atoms with Crippen LogP contribution >= 0.6 is 0 Å². The highest BCUT2D eigenvalue weighted by molar-refractivity contribution is 6.03. The highest BCUT2D eigenvalue weighted by atomic mass is 16.7. The van der Waals surface area contributed by atoms with E-state index in [-0.39, 0.29) is 11.4 Å². The number of fused-ring (bicyclic) bond motifs is 2. The van der Waals surface area contributed by atoms with E-state index in [9.17, 15) is 10.4 Å². The predicted octanol–water partition coefficient (Wildman–Crippen LogP) is 3.18. The normalized spacial score (nSPS) is 25.3. The number of ether oxygens (including phenoxy) is 4. The lowest BCUT2D eigenvalue weighted by atomic mass is 9.84. The largest absolute Gasteiger partial charge is 0.714 e. The first-order valence-corrected chi connectivity index (χ1v) is 8.97. The number of hydrogen-bond donors (Lipinski definition) is 0. The maximum Gasteiger partial charge on any atom is 0.324 e. The van der Waals surface area contributed by atoms with Gasteiger partial charge in [0, 0.05) is 39.0 Å². The predicted molar refractivity (Wildman–Crippen MR) is 95.5 cm³/mol. The molecule has 0 saturated carbocycles. The Morgan fingerprint density at radius 3 is 1.67 bits per heavy atom. The van der Waals surface area contributed by atoms with E-state index < -0.39 is 22.7 Å². The van der Waals surface area contributed by atoms with Gasteiger partial charge < -0.3 is 24.2 Å². The number of hydroxylamine groups is 3. The third-order valence-electron chi connectivity index (χ3n) is 5.69. The molecule has 8 nitrogen and oxygen atoms in total. The van der Waals surface area contributed by atoms with E-state index in [1.165, 1.54) is 0 Å². The van der Waals surface area contributed by atoms with Crippen LogP contribution in [-0.4, -0.2) is 38.3 Å². The van der Waals surface area contributed by atoms with E-state index in [4.69, 9.17) is 18.9 Å². The van der Waals surface area contributed by atoms with Crippen LogP contribution < -0.4 is 18.9 Å². The number of benzene rings is 1. The molecule has 0 atom stereocenters. The Morgan fingerprint density at radius 1 is 0.852 bits per heavy atom. The molecule has 3 aliphatic heterocycles. The minimum atomic E-state index is -0.969. The van der Waals surface area contributed by atoms with Crippen molar-refractivity contribution in [3.05, 3.63) is 16.8 Å². The maximum absolute atomic E-state index is 13.2. The molecule has 0 unspecified atom stereocenters. The van der Waals surface area contributed by atoms with Crippen LogP contribution in [0.1, 0.15) is 61.0 Å². The molecule has 0 amide bonds. The summed E-state index contributed by atoms with van der Waals surface area (Å²) in [6, 6.07) is 1.67. The van der Waals surface area contributed by atoms with Gasteiger partial charge in [-0.05, 0) is 27.7 Å². The first-order chi connectivity index (χ1) is 12.2. The van der Waals surface area contributed by atoms with Crippen molar-refractivity contribution >= 4 is 5.84 Å². The number of hydrogen-bond acceptors (Lipinski definition) is 6. The summed E-state index contributed by atoms with van der Waals surface area (Å²) in [5.74, 6) is -0.504. The van der Waals surface area contributed by atoms with Gasteiger partial charge in [0.05, 0.1) is 0 Å². The average Bonchev–Trinajstić information content (AvgIpc) is 3.01. The molecule has 0 spiro atoms. The van der Waals surface area contributed by atoms with Crippen molar-refractivity contribution in [1.82, 2.24) is 5.06 Å². The standard InChI is InChI=1S/C19H25N2O6/c1-16(2)17(3,4)21(23)15(20(16)22)12-13-10(24-18(5,6)26-13)9-11-14(12)27-19(7,8)25-11/h9H,1-8H3. The summed E-state index contributed by atoms with van der Waals surface area (Å²) in [7, 11) is 0. The molecule has 147 valence electrons. The first-order valence-electron chi connectivity index (χ1n) is 8.97. The van der Waals surface area contributed by atoms with Crippen molar-refractivity contribution in [2.45, 2.75) is 78.0 Å². The van der Waals surface area contributed by atoms with E-state index in [1.807, 2.05) is 0 Å². The van der Waals surface area contributed by atoms with Crippen LogP contribution in [0.5, 0.6) is 23.0 Å². The summed E-state index contributed by atoms with van der Waals surface area (Å²) < 4.78 is 24.3. The van der Waals surface area contributed by atoms with E-state index >= 15 is 0 Å². The molecule has 3 aliphatic rings. The van der Waals surface area contributed by atoms with Crippen molar-refractivity contribution < 1.29 is 28.9 Å². The number of rotatable bonds is 1. The highest BCUT2D eigenvalue weighted by Gasteiger charge is 2.62. The van der Waals surface area contributed by atoms with Crippen LogP contribution in [0.15, 0.2) is 6.07 Å². The molecule has 3 heterocycles. The van der Waals surface area contributed by atoms with E-state index in [0.717, 1.165) is 9.80 Å². The molecule has 0 bridgehead atoms. The summed E-state index contributed by atoms with van der Waals surface area (Å²) in [4.78, 5) is 0. The highest BCUT2D eigenvalue weighted by Crippen LogP contribution is 2.55. The molecular formula is C19H25N2O6. The first kappa shape index (κ1) is 18.0. The molecule has 0 aromatic heterocycles. The van der Waals surface area contributed by atoms with Gasteiger partial charge in [0.25, 0.3) is 0 Å². The Kier molecular flexibility index (Phi) is 3.16. The Morgan fingerprint density at radius 2 is 1.30 bits per heavy atom. The van der Waals surface area contributed by atoms with Crippen LogP contribution in [0.2, 0.25) is 0 Å². The Bertz CT molecular complexity index is 842. The summed E-state index contributed by atoms with van der Waals surface area (Å²) in [6.45, 7) is 14.0. The van der Waals surface area contributed by atoms with Crippen LogP contribution in [0.3, 0.4) is 0 Å². The lowest BCUT2D eigenvalue weighted by Gasteiger charge is -2.32. The molecule has 8 heteroatoms. The number of amidine groups is 1. The van der Waals surface area contributed by atoms with Gasteiger partial charge in [-0.3, -0.25) is 4.74 Å². The summed E-state index contributed by atoms with van der Waals surface area (Å²) >= 11 is 0. The van der Waals surface area contributed by atoms with Crippen molar-refractivity contribution in [2.24, 2.45) is 0 Å². The third-order valence-corrected chi connectivity index (χ3v) is 5.69. The van der Waals surface area contributed by atoms with Crippen molar-refractivity contribution in [2.75, 3.05) is 0 Å². The zero-order chi connectivity index (χ0) is 20.2. The summed E-state index contributed by atoms with van der Waals surface area (Å²) in [6.07, 6.45) is 0. The molecule has 27 heavy (non-hydrogen) atoms. The summed E-state index contributed by atoms with van der Waals surface area (Å²) in [5.41, 5.74) is -1.67. The van der Waals surface area contributed by atoms with Crippen LogP contribution in [0.25, 0.3) is 0 Å². The summed E-state index contributed by atoms with van der Waals surface area (Å²) in [5, 5.41) is 27.2. The second kappa shape index (κ2) is 4.73. The second-order valence-corrected chi connectivity index (χ2v) is 9.14. The maximum atomic E-state index is 13.2. The smallest absolute Gasteiger partial charge is 0.324 e. The Balaban J connectivity index is 2.02. The molecule has 0 aliphatic carbocycles. The number of nitrogens with zero attached hydrogens (tertiary/aromatic N) is 2. The van der Waals surface area contributed by atoms with Gasteiger partial charge in [-0.2, -0.15) is 0 Å². The quantitative estimate of drug-likeness (QED) is 0.552. The fraction of sp³-hybridized carbons (Fsp3) is 0.632.